The standard InChI is InChI=1S/C26H24N2O4/c1-16-13-14-17(2)20(15-16)28-25(29)23(18-9-5-7-11-21(18)31-3)24(26(28)30)27-19-10-6-8-12-22(19)32-4/h5-15,27H,1-4H3. The van der Waals surface area contributed by atoms with Gasteiger partial charge in [0.2, 0.25) is 0 Å². The van der Waals surface area contributed by atoms with Crippen LogP contribution in [0.2, 0.25) is 0 Å². The average molecular weight is 428 g/mol. The molecule has 1 aliphatic heterocycles. The minimum absolute atomic E-state index is 0.171. The zero-order valence-corrected chi connectivity index (χ0v) is 18.4. The van der Waals surface area contributed by atoms with Crippen molar-refractivity contribution in [1.29, 1.82) is 0 Å². The number of para-hydroxylation sites is 3. The van der Waals surface area contributed by atoms with Crippen molar-refractivity contribution in [2.75, 3.05) is 24.4 Å². The molecule has 0 radical (unpaired) electrons. The van der Waals surface area contributed by atoms with E-state index in [-0.39, 0.29) is 11.3 Å². The number of rotatable bonds is 6. The van der Waals surface area contributed by atoms with E-state index in [1.54, 1.807) is 31.4 Å². The van der Waals surface area contributed by atoms with E-state index in [1.807, 2.05) is 56.3 Å². The summed E-state index contributed by atoms with van der Waals surface area (Å²) in [4.78, 5) is 28.6. The van der Waals surface area contributed by atoms with E-state index in [4.69, 9.17) is 9.47 Å². The van der Waals surface area contributed by atoms with Crippen LogP contribution >= 0.6 is 0 Å². The molecule has 2 amide bonds. The lowest BCUT2D eigenvalue weighted by atomic mass is 10.0. The van der Waals surface area contributed by atoms with Gasteiger partial charge < -0.3 is 14.8 Å². The quantitative estimate of drug-likeness (QED) is 0.576. The van der Waals surface area contributed by atoms with Crippen molar-refractivity contribution in [1.82, 2.24) is 0 Å². The summed E-state index contributed by atoms with van der Waals surface area (Å²) in [6.07, 6.45) is 0. The number of hydrogen-bond donors (Lipinski definition) is 1. The Morgan fingerprint density at radius 1 is 0.781 bits per heavy atom. The Kier molecular flexibility index (Phi) is 5.69. The van der Waals surface area contributed by atoms with E-state index in [1.165, 1.54) is 12.0 Å². The van der Waals surface area contributed by atoms with Crippen molar-refractivity contribution in [3.05, 3.63) is 89.1 Å². The summed E-state index contributed by atoms with van der Waals surface area (Å²) in [5.41, 5.74) is 3.89. The molecule has 0 fully saturated rings. The number of anilines is 2. The molecular formula is C26H24N2O4. The van der Waals surface area contributed by atoms with Crippen LogP contribution in [0.15, 0.2) is 72.4 Å². The fraction of sp³-hybridized carbons (Fsp3) is 0.154. The maximum atomic E-state index is 13.7. The number of hydrogen-bond acceptors (Lipinski definition) is 5. The molecule has 0 saturated carbocycles. The van der Waals surface area contributed by atoms with Gasteiger partial charge >= 0.3 is 0 Å². The van der Waals surface area contributed by atoms with Gasteiger partial charge in [-0.3, -0.25) is 9.59 Å². The summed E-state index contributed by atoms with van der Waals surface area (Å²) < 4.78 is 10.9. The zero-order valence-electron chi connectivity index (χ0n) is 18.4. The molecule has 1 aliphatic rings. The smallest absolute Gasteiger partial charge is 0.282 e. The van der Waals surface area contributed by atoms with Gasteiger partial charge in [-0.1, -0.05) is 42.5 Å². The summed E-state index contributed by atoms with van der Waals surface area (Å²) in [5.74, 6) is 0.219. The second kappa shape index (κ2) is 8.59. The van der Waals surface area contributed by atoms with Crippen molar-refractivity contribution in [2.24, 2.45) is 0 Å². The van der Waals surface area contributed by atoms with Crippen molar-refractivity contribution in [2.45, 2.75) is 13.8 Å². The molecule has 0 unspecified atom stereocenters. The van der Waals surface area contributed by atoms with Gasteiger partial charge in [0.25, 0.3) is 11.8 Å². The first kappa shape index (κ1) is 21.2. The molecule has 6 nitrogen and oxygen atoms in total. The van der Waals surface area contributed by atoms with E-state index in [0.717, 1.165) is 11.1 Å². The monoisotopic (exact) mass is 428 g/mol. The van der Waals surface area contributed by atoms with Crippen LogP contribution < -0.4 is 19.7 Å². The molecule has 1 N–H and O–H groups in total. The van der Waals surface area contributed by atoms with Crippen LogP contribution in [0.5, 0.6) is 11.5 Å². The van der Waals surface area contributed by atoms with Gasteiger partial charge in [-0.05, 0) is 49.2 Å². The van der Waals surface area contributed by atoms with Gasteiger partial charge in [-0.25, -0.2) is 4.90 Å². The number of carbonyl (C=O) groups is 2. The molecule has 1 heterocycles. The van der Waals surface area contributed by atoms with Crippen molar-refractivity contribution in [3.8, 4) is 11.5 Å². The maximum absolute atomic E-state index is 13.7. The van der Waals surface area contributed by atoms with Crippen molar-refractivity contribution < 1.29 is 19.1 Å². The number of aryl methyl sites for hydroxylation is 2. The summed E-state index contributed by atoms with van der Waals surface area (Å²) in [5, 5.41) is 3.16. The molecule has 32 heavy (non-hydrogen) atoms. The predicted octanol–water partition coefficient (Wildman–Crippen LogP) is 4.72. The van der Waals surface area contributed by atoms with Gasteiger partial charge in [0.1, 0.15) is 17.2 Å². The minimum Gasteiger partial charge on any atom is -0.496 e. The second-order valence-electron chi connectivity index (χ2n) is 7.51. The van der Waals surface area contributed by atoms with E-state index >= 15 is 0 Å². The van der Waals surface area contributed by atoms with Crippen LogP contribution in [0.1, 0.15) is 16.7 Å². The van der Waals surface area contributed by atoms with E-state index in [2.05, 4.69) is 5.32 Å². The van der Waals surface area contributed by atoms with Crippen LogP contribution in [-0.4, -0.2) is 26.0 Å². The van der Waals surface area contributed by atoms with Gasteiger partial charge in [0.15, 0.2) is 0 Å². The third-order valence-electron chi connectivity index (χ3n) is 5.43. The molecule has 3 aromatic carbocycles. The number of nitrogens with one attached hydrogen (secondary N) is 1. The normalized spacial score (nSPS) is 13.6. The summed E-state index contributed by atoms with van der Waals surface area (Å²) in [6, 6.07) is 20.1. The first-order valence-corrected chi connectivity index (χ1v) is 10.2. The van der Waals surface area contributed by atoms with E-state index < -0.39 is 11.8 Å². The van der Waals surface area contributed by atoms with Gasteiger partial charge in [0.05, 0.1) is 31.2 Å². The van der Waals surface area contributed by atoms with Gasteiger partial charge in [-0.15, -0.1) is 0 Å². The first-order valence-electron chi connectivity index (χ1n) is 10.2. The Labute approximate surface area is 187 Å². The first-order chi connectivity index (χ1) is 15.5. The minimum atomic E-state index is -0.435. The Morgan fingerprint density at radius 3 is 2.16 bits per heavy atom. The molecule has 0 aliphatic carbocycles. The number of carbonyl (C=O) groups excluding carboxylic acids is 2. The molecule has 0 saturated heterocycles. The zero-order chi connectivity index (χ0) is 22.8. The molecule has 4 rings (SSSR count). The van der Waals surface area contributed by atoms with E-state index in [9.17, 15) is 9.59 Å². The topological polar surface area (TPSA) is 67.9 Å². The molecule has 0 aromatic heterocycles. The van der Waals surface area contributed by atoms with Crippen LogP contribution in [0, 0.1) is 13.8 Å². The van der Waals surface area contributed by atoms with Gasteiger partial charge in [-0.2, -0.15) is 0 Å². The lowest BCUT2D eigenvalue weighted by Crippen LogP contribution is -2.33. The Hall–Kier alpha value is -4.06. The lowest BCUT2D eigenvalue weighted by Gasteiger charge is -2.19. The largest absolute Gasteiger partial charge is 0.496 e. The van der Waals surface area contributed by atoms with Crippen molar-refractivity contribution >= 4 is 28.8 Å². The number of amides is 2. The fourth-order valence-electron chi connectivity index (χ4n) is 3.81. The third-order valence-corrected chi connectivity index (χ3v) is 5.43. The molecular weight excluding hydrogens is 404 g/mol. The second-order valence-corrected chi connectivity index (χ2v) is 7.51. The third kappa shape index (κ3) is 3.60. The number of nitrogens with zero attached hydrogens (tertiary/aromatic N) is 1. The molecule has 162 valence electrons. The average Bonchev–Trinajstić information content (AvgIpc) is 3.04. The number of imide groups is 1. The number of benzene rings is 3. The fourth-order valence-corrected chi connectivity index (χ4v) is 3.81. The van der Waals surface area contributed by atoms with Gasteiger partial charge in [0, 0.05) is 5.56 Å². The van der Waals surface area contributed by atoms with Crippen LogP contribution in [0.25, 0.3) is 5.57 Å². The molecule has 6 heteroatoms. The van der Waals surface area contributed by atoms with Crippen LogP contribution in [-0.2, 0) is 9.59 Å². The summed E-state index contributed by atoms with van der Waals surface area (Å²) in [7, 11) is 3.09. The van der Waals surface area contributed by atoms with Crippen LogP contribution in [0.4, 0.5) is 11.4 Å². The molecule has 0 atom stereocenters. The lowest BCUT2D eigenvalue weighted by molar-refractivity contribution is -0.120. The van der Waals surface area contributed by atoms with E-state index in [0.29, 0.717) is 28.4 Å². The summed E-state index contributed by atoms with van der Waals surface area (Å²) >= 11 is 0. The highest BCUT2D eigenvalue weighted by Crippen LogP contribution is 2.39. The molecule has 3 aromatic rings. The highest BCUT2D eigenvalue weighted by Gasteiger charge is 2.42. The van der Waals surface area contributed by atoms with Crippen LogP contribution in [0.3, 0.4) is 0 Å². The number of ether oxygens (including phenoxy) is 2. The Balaban J connectivity index is 1.91. The predicted molar refractivity (Wildman–Crippen MR) is 125 cm³/mol. The summed E-state index contributed by atoms with van der Waals surface area (Å²) in [6.45, 7) is 3.81. The SMILES string of the molecule is COc1ccccc1NC1=C(c2ccccc2OC)C(=O)N(c2cc(C)ccc2C)C1=O. The Morgan fingerprint density at radius 2 is 1.44 bits per heavy atom. The highest BCUT2D eigenvalue weighted by molar-refractivity contribution is 6.46. The van der Waals surface area contributed by atoms with Crippen molar-refractivity contribution in [3.63, 3.8) is 0 Å². The highest BCUT2D eigenvalue weighted by atomic mass is 16.5. The number of methoxy groups -OCH3 is 2. The molecule has 0 bridgehead atoms. The molecule has 0 spiro atoms. The maximum Gasteiger partial charge on any atom is 0.282 e. The Bertz CT molecular complexity index is 1250.